The minimum atomic E-state index is -0.353. The normalized spacial score (nSPS) is 18.2. The van der Waals surface area contributed by atoms with E-state index in [9.17, 15) is 14.4 Å². The molecule has 2 saturated heterocycles. The Labute approximate surface area is 183 Å². The second kappa shape index (κ2) is 12.0. The van der Waals surface area contributed by atoms with E-state index >= 15 is 0 Å². The highest BCUT2D eigenvalue weighted by Gasteiger charge is 2.28. The number of hydrogen-bond donors (Lipinski definition) is 3. The number of amides is 4. The van der Waals surface area contributed by atoms with Gasteiger partial charge in [0.2, 0.25) is 11.8 Å². The van der Waals surface area contributed by atoms with Crippen LogP contribution in [0.1, 0.15) is 20.8 Å². The third-order valence-electron chi connectivity index (χ3n) is 4.35. The predicted octanol–water partition coefficient (Wildman–Crippen LogP) is -0.736. The molecule has 3 N–H and O–H groups in total. The minimum absolute atomic E-state index is 0. The van der Waals surface area contributed by atoms with E-state index in [1.165, 1.54) is 4.90 Å². The van der Waals surface area contributed by atoms with Gasteiger partial charge in [0.1, 0.15) is 0 Å². The summed E-state index contributed by atoms with van der Waals surface area (Å²) in [6.45, 7) is 10.8. The van der Waals surface area contributed by atoms with Gasteiger partial charge in [0, 0.05) is 38.8 Å². The van der Waals surface area contributed by atoms with Crippen molar-refractivity contribution in [2.75, 3.05) is 58.9 Å². The topological polar surface area (TPSA) is 109 Å². The molecule has 0 aromatic heterocycles. The first-order valence-corrected chi connectivity index (χ1v) is 9.54. The van der Waals surface area contributed by atoms with Crippen molar-refractivity contribution >= 4 is 47.8 Å². The van der Waals surface area contributed by atoms with Crippen molar-refractivity contribution in [2.45, 2.75) is 26.8 Å². The molecule has 2 heterocycles. The minimum Gasteiger partial charge on any atom is -0.357 e. The van der Waals surface area contributed by atoms with Crippen LogP contribution in [0, 0.1) is 0 Å². The average Bonchev–Trinajstić information content (AvgIpc) is 2.93. The van der Waals surface area contributed by atoms with Crippen molar-refractivity contribution in [3.63, 3.8) is 0 Å². The van der Waals surface area contributed by atoms with E-state index in [4.69, 9.17) is 0 Å². The summed E-state index contributed by atoms with van der Waals surface area (Å²) < 4.78 is 0. The Hall–Kier alpha value is -1.63. The van der Waals surface area contributed by atoms with Gasteiger partial charge in [-0.15, -0.1) is 24.0 Å². The number of nitrogens with zero attached hydrogens (tertiary/aromatic N) is 4. The van der Waals surface area contributed by atoms with Crippen LogP contribution in [0.5, 0.6) is 0 Å². The number of guanidine groups is 1. The highest BCUT2D eigenvalue weighted by atomic mass is 127. The molecule has 2 rings (SSSR count). The standard InChI is InChI=1S/C17H31N7O3.HI/c1-4-18-16(19-5-6-24-15(26)11-20-17(24)27)23-9-7-22(8-10-23)12-14(25)21-13(2)3;/h13H,4-12H2,1-3H3,(H,18,19)(H,20,27)(H,21,25);1H. The highest BCUT2D eigenvalue weighted by molar-refractivity contribution is 14.0. The Balaban J connectivity index is 0.00000392. The number of nitrogens with one attached hydrogen (secondary N) is 3. The molecule has 2 fully saturated rings. The number of carbonyl (C=O) groups excluding carboxylic acids is 3. The van der Waals surface area contributed by atoms with Crippen LogP contribution < -0.4 is 16.0 Å². The summed E-state index contributed by atoms with van der Waals surface area (Å²) in [6.07, 6.45) is 0. The number of hydrogen-bond acceptors (Lipinski definition) is 5. The van der Waals surface area contributed by atoms with Crippen molar-refractivity contribution in [2.24, 2.45) is 4.99 Å². The van der Waals surface area contributed by atoms with Crippen molar-refractivity contribution < 1.29 is 14.4 Å². The maximum absolute atomic E-state index is 11.9. The second-order valence-corrected chi connectivity index (χ2v) is 6.93. The van der Waals surface area contributed by atoms with Gasteiger partial charge in [-0.3, -0.25) is 24.4 Å². The van der Waals surface area contributed by atoms with E-state index < -0.39 is 0 Å². The maximum atomic E-state index is 11.9. The molecule has 0 aromatic rings. The molecule has 11 heteroatoms. The summed E-state index contributed by atoms with van der Waals surface area (Å²) in [5, 5.41) is 8.67. The number of carbonyl (C=O) groups is 3. The van der Waals surface area contributed by atoms with Gasteiger partial charge in [0.15, 0.2) is 5.96 Å². The second-order valence-electron chi connectivity index (χ2n) is 6.93. The molecular weight excluding hydrogens is 477 g/mol. The van der Waals surface area contributed by atoms with E-state index in [0.717, 1.165) is 38.7 Å². The molecule has 0 aliphatic carbocycles. The van der Waals surface area contributed by atoms with Crippen molar-refractivity contribution in [3.05, 3.63) is 0 Å². The molecule has 2 aliphatic rings. The fourth-order valence-corrected chi connectivity index (χ4v) is 3.05. The van der Waals surface area contributed by atoms with Gasteiger partial charge in [0.05, 0.1) is 26.2 Å². The maximum Gasteiger partial charge on any atom is 0.324 e. The Morgan fingerprint density at radius 2 is 1.89 bits per heavy atom. The number of aliphatic imine (C=N–C) groups is 1. The number of piperazine rings is 1. The molecule has 0 saturated carbocycles. The summed E-state index contributed by atoms with van der Waals surface area (Å²) >= 11 is 0. The largest absolute Gasteiger partial charge is 0.357 e. The summed E-state index contributed by atoms with van der Waals surface area (Å²) in [5.74, 6) is 0.608. The average molecular weight is 509 g/mol. The third kappa shape index (κ3) is 7.41. The first-order valence-electron chi connectivity index (χ1n) is 9.54. The zero-order valence-electron chi connectivity index (χ0n) is 16.9. The van der Waals surface area contributed by atoms with Gasteiger partial charge in [0.25, 0.3) is 0 Å². The Kier molecular flexibility index (Phi) is 10.5. The summed E-state index contributed by atoms with van der Waals surface area (Å²) in [4.78, 5) is 45.1. The fraction of sp³-hybridized carbons (Fsp3) is 0.765. The molecule has 4 amide bonds. The number of halogens is 1. The Morgan fingerprint density at radius 1 is 1.21 bits per heavy atom. The van der Waals surface area contributed by atoms with Crippen LogP contribution in [-0.4, -0.2) is 103 Å². The van der Waals surface area contributed by atoms with E-state index in [-0.39, 0.29) is 61.0 Å². The molecular formula is C17H32IN7O3. The zero-order valence-corrected chi connectivity index (χ0v) is 19.2. The Morgan fingerprint density at radius 3 is 2.43 bits per heavy atom. The van der Waals surface area contributed by atoms with E-state index in [1.807, 2.05) is 20.8 Å². The number of imide groups is 1. The number of rotatable bonds is 7. The first-order chi connectivity index (χ1) is 12.9. The molecule has 0 atom stereocenters. The van der Waals surface area contributed by atoms with Crippen LogP contribution in [0.15, 0.2) is 4.99 Å². The molecule has 0 spiro atoms. The van der Waals surface area contributed by atoms with E-state index in [2.05, 4.69) is 30.7 Å². The highest BCUT2D eigenvalue weighted by Crippen LogP contribution is 2.03. The summed E-state index contributed by atoms with van der Waals surface area (Å²) in [6, 6.07) is -0.204. The van der Waals surface area contributed by atoms with Crippen LogP contribution >= 0.6 is 24.0 Å². The van der Waals surface area contributed by atoms with E-state index in [1.54, 1.807) is 0 Å². The predicted molar refractivity (Wildman–Crippen MR) is 118 cm³/mol. The quantitative estimate of drug-likeness (QED) is 0.181. The lowest BCUT2D eigenvalue weighted by atomic mass is 10.3. The molecule has 160 valence electrons. The van der Waals surface area contributed by atoms with Gasteiger partial charge in [-0.2, -0.15) is 0 Å². The summed E-state index contributed by atoms with van der Waals surface area (Å²) in [5.41, 5.74) is 0. The lowest BCUT2D eigenvalue weighted by molar-refractivity contribution is -0.125. The smallest absolute Gasteiger partial charge is 0.324 e. The van der Waals surface area contributed by atoms with Gasteiger partial charge in [-0.05, 0) is 20.8 Å². The molecule has 0 aromatic carbocycles. The van der Waals surface area contributed by atoms with Gasteiger partial charge < -0.3 is 20.9 Å². The van der Waals surface area contributed by atoms with Crippen LogP contribution in [-0.2, 0) is 9.59 Å². The van der Waals surface area contributed by atoms with Crippen LogP contribution in [0.4, 0.5) is 4.79 Å². The fourth-order valence-electron chi connectivity index (χ4n) is 3.05. The zero-order chi connectivity index (χ0) is 19.8. The van der Waals surface area contributed by atoms with Crippen LogP contribution in [0.25, 0.3) is 0 Å². The molecule has 0 radical (unpaired) electrons. The Bertz CT molecular complexity index is 561. The molecule has 0 bridgehead atoms. The first kappa shape index (κ1) is 24.4. The van der Waals surface area contributed by atoms with Crippen LogP contribution in [0.2, 0.25) is 0 Å². The van der Waals surface area contributed by atoms with E-state index in [0.29, 0.717) is 13.1 Å². The molecule has 0 unspecified atom stereocenters. The molecule has 10 nitrogen and oxygen atoms in total. The monoisotopic (exact) mass is 509 g/mol. The van der Waals surface area contributed by atoms with Gasteiger partial charge in [-0.25, -0.2) is 4.79 Å². The van der Waals surface area contributed by atoms with Gasteiger partial charge >= 0.3 is 6.03 Å². The molecule has 28 heavy (non-hydrogen) atoms. The SMILES string of the molecule is CCNC(=NCCN1C(=O)CNC1=O)N1CCN(CC(=O)NC(C)C)CC1.I. The third-order valence-corrected chi connectivity index (χ3v) is 4.35. The van der Waals surface area contributed by atoms with Crippen molar-refractivity contribution in [3.8, 4) is 0 Å². The van der Waals surface area contributed by atoms with Crippen molar-refractivity contribution in [1.29, 1.82) is 0 Å². The number of urea groups is 1. The summed E-state index contributed by atoms with van der Waals surface area (Å²) in [7, 11) is 0. The van der Waals surface area contributed by atoms with Crippen LogP contribution in [0.3, 0.4) is 0 Å². The molecule has 2 aliphatic heterocycles. The van der Waals surface area contributed by atoms with Crippen molar-refractivity contribution in [1.82, 2.24) is 30.7 Å². The van der Waals surface area contributed by atoms with Gasteiger partial charge in [-0.1, -0.05) is 0 Å². The lowest BCUT2D eigenvalue weighted by Gasteiger charge is -2.36. The lowest BCUT2D eigenvalue weighted by Crippen LogP contribution is -2.54.